The molecule has 6 heteroatoms. The zero-order valence-corrected chi connectivity index (χ0v) is 14.4. The number of ether oxygens (including phenoxy) is 1. The fourth-order valence-electron chi connectivity index (χ4n) is 3.80. The van der Waals surface area contributed by atoms with Crippen molar-refractivity contribution in [1.82, 2.24) is 0 Å². The van der Waals surface area contributed by atoms with Gasteiger partial charge in [0.15, 0.2) is 5.78 Å². The molecule has 0 saturated carbocycles. The molecule has 0 aromatic heterocycles. The molecule has 0 radical (unpaired) electrons. The minimum Gasteiger partial charge on any atom is -0.445 e. The number of carbonyl (C=O) groups is 2. The van der Waals surface area contributed by atoms with Gasteiger partial charge in [-0.3, -0.25) is 9.59 Å². The van der Waals surface area contributed by atoms with Crippen LogP contribution in [0.2, 0.25) is 0 Å². The third kappa shape index (κ3) is 2.12. The van der Waals surface area contributed by atoms with Crippen LogP contribution >= 0.6 is 0 Å². The molecule has 2 heterocycles. The van der Waals surface area contributed by atoms with E-state index in [1.54, 1.807) is 61.5 Å². The molecule has 6 nitrogen and oxygen atoms in total. The standard InChI is InChI=1S/C21H15N3O3/c1-12-17(18(25)13-7-3-2-4-8-13)21(15(11-22)19(23)27-12)14-9-5-6-10-16(14)24-20(21)26/h2-10H,23H2,1H3,(H,24,26)/t21-/m0/s1. The molecular formula is C21H15N3O3. The maximum atomic E-state index is 13.4. The first-order chi connectivity index (χ1) is 13.0. The first-order valence-corrected chi connectivity index (χ1v) is 8.32. The molecule has 1 amide bonds. The van der Waals surface area contributed by atoms with Crippen LogP contribution in [0, 0.1) is 11.3 Å². The van der Waals surface area contributed by atoms with Crippen molar-refractivity contribution in [2.24, 2.45) is 5.73 Å². The summed E-state index contributed by atoms with van der Waals surface area (Å²) < 4.78 is 5.51. The number of benzene rings is 2. The fourth-order valence-corrected chi connectivity index (χ4v) is 3.80. The van der Waals surface area contributed by atoms with E-state index in [0.29, 0.717) is 16.8 Å². The number of hydrogen-bond acceptors (Lipinski definition) is 5. The summed E-state index contributed by atoms with van der Waals surface area (Å²) in [5, 5.41) is 12.6. The van der Waals surface area contributed by atoms with Gasteiger partial charge in [0.2, 0.25) is 11.8 Å². The van der Waals surface area contributed by atoms with E-state index in [9.17, 15) is 14.9 Å². The Morgan fingerprint density at radius 3 is 2.52 bits per heavy atom. The van der Waals surface area contributed by atoms with Gasteiger partial charge in [0.1, 0.15) is 22.8 Å². The summed E-state index contributed by atoms with van der Waals surface area (Å²) in [5.74, 6) is -0.857. The van der Waals surface area contributed by atoms with Crippen molar-refractivity contribution in [3.8, 4) is 6.07 Å². The molecule has 2 aliphatic heterocycles. The summed E-state index contributed by atoms with van der Waals surface area (Å²) in [5.41, 5.74) is 5.78. The number of para-hydroxylation sites is 1. The van der Waals surface area contributed by atoms with Gasteiger partial charge >= 0.3 is 0 Å². The molecule has 0 fully saturated rings. The van der Waals surface area contributed by atoms with E-state index >= 15 is 0 Å². The number of ketones is 1. The molecule has 2 aliphatic rings. The van der Waals surface area contributed by atoms with E-state index in [1.165, 1.54) is 0 Å². The van der Waals surface area contributed by atoms with Crippen molar-refractivity contribution >= 4 is 17.4 Å². The highest BCUT2D eigenvalue weighted by Gasteiger charge is 2.59. The van der Waals surface area contributed by atoms with Gasteiger partial charge in [-0.1, -0.05) is 48.5 Å². The molecule has 2 aromatic rings. The van der Waals surface area contributed by atoms with Gasteiger partial charge in [0.25, 0.3) is 0 Å². The van der Waals surface area contributed by atoms with Crippen molar-refractivity contribution in [2.75, 3.05) is 5.32 Å². The Hall–Kier alpha value is -3.85. The monoisotopic (exact) mass is 357 g/mol. The second-order valence-corrected chi connectivity index (χ2v) is 6.33. The van der Waals surface area contributed by atoms with Crippen molar-refractivity contribution in [3.05, 3.63) is 88.5 Å². The van der Waals surface area contributed by atoms with E-state index in [4.69, 9.17) is 10.5 Å². The summed E-state index contributed by atoms with van der Waals surface area (Å²) >= 11 is 0. The lowest BCUT2D eigenvalue weighted by Crippen LogP contribution is -2.45. The highest BCUT2D eigenvalue weighted by Crippen LogP contribution is 2.52. The third-order valence-electron chi connectivity index (χ3n) is 4.91. The summed E-state index contributed by atoms with van der Waals surface area (Å²) in [6.45, 7) is 1.58. The van der Waals surface area contributed by atoms with Crippen molar-refractivity contribution in [3.63, 3.8) is 0 Å². The Balaban J connectivity index is 2.06. The first-order valence-electron chi connectivity index (χ1n) is 8.32. The van der Waals surface area contributed by atoms with Crippen LogP contribution in [0.1, 0.15) is 22.8 Å². The number of anilines is 1. The predicted molar refractivity (Wildman–Crippen MR) is 98.1 cm³/mol. The number of rotatable bonds is 2. The molecule has 0 aliphatic carbocycles. The molecule has 1 atom stereocenters. The van der Waals surface area contributed by atoms with Crippen LogP contribution in [0.3, 0.4) is 0 Å². The molecule has 0 saturated heterocycles. The van der Waals surface area contributed by atoms with Gasteiger partial charge in [-0.2, -0.15) is 5.26 Å². The normalized spacial score (nSPS) is 20.8. The second-order valence-electron chi connectivity index (χ2n) is 6.33. The lowest BCUT2D eigenvalue weighted by molar-refractivity contribution is -0.118. The van der Waals surface area contributed by atoms with Crippen LogP contribution in [0.4, 0.5) is 5.69 Å². The summed E-state index contributed by atoms with van der Waals surface area (Å²) in [7, 11) is 0. The Labute approximate surface area is 155 Å². The number of nitriles is 1. The number of nitrogens with two attached hydrogens (primary N) is 1. The minimum atomic E-state index is -1.63. The maximum absolute atomic E-state index is 13.4. The predicted octanol–water partition coefficient (Wildman–Crippen LogP) is 2.76. The second kappa shape index (κ2) is 5.85. The number of nitrogens with one attached hydrogen (secondary N) is 1. The fraction of sp³-hybridized carbons (Fsp3) is 0.0952. The zero-order chi connectivity index (χ0) is 19.2. The van der Waals surface area contributed by atoms with E-state index in [2.05, 4.69) is 5.32 Å². The molecule has 4 rings (SSSR count). The SMILES string of the molecule is CC1=C(C(=O)c2ccccc2)[C@@]2(C(=O)Nc3ccccc32)C(C#N)=C(N)O1. The maximum Gasteiger partial charge on any atom is 0.245 e. The van der Waals surface area contributed by atoms with E-state index in [0.717, 1.165) is 0 Å². The van der Waals surface area contributed by atoms with Crippen LogP contribution in [-0.2, 0) is 14.9 Å². The summed E-state index contributed by atoms with van der Waals surface area (Å²) in [6.07, 6.45) is 0. The highest BCUT2D eigenvalue weighted by atomic mass is 16.5. The van der Waals surface area contributed by atoms with Crippen LogP contribution in [0.15, 0.2) is 77.4 Å². The lowest BCUT2D eigenvalue weighted by atomic mass is 9.66. The van der Waals surface area contributed by atoms with E-state index < -0.39 is 11.3 Å². The molecule has 0 unspecified atom stereocenters. The van der Waals surface area contributed by atoms with Gasteiger partial charge in [0, 0.05) is 16.8 Å². The van der Waals surface area contributed by atoms with Gasteiger partial charge in [-0.05, 0) is 13.0 Å². The summed E-state index contributed by atoms with van der Waals surface area (Å²) in [6, 6.07) is 17.5. The number of carbonyl (C=O) groups excluding carboxylic acids is 2. The van der Waals surface area contributed by atoms with Crippen LogP contribution < -0.4 is 11.1 Å². The number of allylic oxidation sites excluding steroid dienone is 1. The number of hydrogen-bond donors (Lipinski definition) is 2. The Bertz CT molecular complexity index is 1090. The Morgan fingerprint density at radius 2 is 1.81 bits per heavy atom. The highest BCUT2D eigenvalue weighted by molar-refractivity contribution is 6.22. The summed E-state index contributed by atoms with van der Waals surface area (Å²) in [4.78, 5) is 26.6. The largest absolute Gasteiger partial charge is 0.445 e. The molecule has 27 heavy (non-hydrogen) atoms. The number of amides is 1. The van der Waals surface area contributed by atoms with Crippen molar-refractivity contribution < 1.29 is 14.3 Å². The molecule has 3 N–H and O–H groups in total. The Morgan fingerprint density at radius 1 is 1.15 bits per heavy atom. The van der Waals surface area contributed by atoms with Gasteiger partial charge in [-0.25, -0.2) is 0 Å². The third-order valence-corrected chi connectivity index (χ3v) is 4.91. The minimum absolute atomic E-state index is 0.0881. The number of fused-ring (bicyclic) bond motifs is 2. The first kappa shape index (κ1) is 16.6. The Kier molecular flexibility index (Phi) is 3.60. The van der Waals surface area contributed by atoms with Gasteiger partial charge in [0.05, 0.1) is 5.57 Å². The van der Waals surface area contributed by atoms with Gasteiger partial charge in [-0.15, -0.1) is 0 Å². The van der Waals surface area contributed by atoms with E-state index in [-0.39, 0.29) is 28.6 Å². The van der Waals surface area contributed by atoms with Crippen LogP contribution in [0.5, 0.6) is 0 Å². The van der Waals surface area contributed by atoms with Crippen LogP contribution in [0.25, 0.3) is 0 Å². The zero-order valence-electron chi connectivity index (χ0n) is 14.4. The molecular weight excluding hydrogens is 342 g/mol. The van der Waals surface area contributed by atoms with E-state index in [1.807, 2.05) is 6.07 Å². The van der Waals surface area contributed by atoms with Crippen molar-refractivity contribution in [2.45, 2.75) is 12.3 Å². The molecule has 2 aromatic carbocycles. The quantitative estimate of drug-likeness (QED) is 0.804. The molecule has 0 bridgehead atoms. The van der Waals surface area contributed by atoms with Crippen LogP contribution in [-0.4, -0.2) is 11.7 Å². The topological polar surface area (TPSA) is 105 Å². The average molecular weight is 357 g/mol. The van der Waals surface area contributed by atoms with Gasteiger partial charge < -0.3 is 15.8 Å². The molecule has 132 valence electrons. The molecule has 1 spiro atoms. The number of Topliss-reactive ketones (excluding diaryl/α,β-unsaturated/α-hetero) is 1. The smallest absolute Gasteiger partial charge is 0.245 e. The number of nitrogens with zero attached hydrogens (tertiary/aromatic N) is 1. The average Bonchev–Trinajstić information content (AvgIpc) is 2.95. The lowest BCUT2D eigenvalue weighted by Gasteiger charge is -2.34. The van der Waals surface area contributed by atoms with Crippen molar-refractivity contribution in [1.29, 1.82) is 5.26 Å².